The predicted octanol–water partition coefficient (Wildman–Crippen LogP) is 0.600. The maximum atomic E-state index is 11.9. The molecule has 1 saturated carbocycles. The highest BCUT2D eigenvalue weighted by atomic mass is 16.6. The predicted molar refractivity (Wildman–Crippen MR) is 60.4 cm³/mol. The van der Waals surface area contributed by atoms with Gasteiger partial charge in [0.25, 0.3) is 0 Å². The third kappa shape index (κ3) is 2.10. The molecule has 0 amide bonds. The van der Waals surface area contributed by atoms with Gasteiger partial charge in [0.05, 0.1) is 14.2 Å². The maximum Gasteiger partial charge on any atom is 0.327 e. The standard InChI is InChI=1S/C12H16O6/c1-7-9(18-8(2)13)5-6-12(7,10(14)16-3)11(15)17-4/h9H,1,5-6H2,2-4H3. The number of rotatable bonds is 3. The molecule has 0 heterocycles. The van der Waals surface area contributed by atoms with Crippen LogP contribution in [0.4, 0.5) is 0 Å². The number of esters is 3. The Hall–Kier alpha value is -1.85. The Balaban J connectivity index is 3.08. The fraction of sp³-hybridized carbons (Fsp3) is 0.583. The summed E-state index contributed by atoms with van der Waals surface area (Å²) < 4.78 is 14.3. The Kier molecular flexibility index (Phi) is 4.11. The minimum absolute atomic E-state index is 0.156. The molecule has 1 aliphatic carbocycles. The molecule has 1 fully saturated rings. The summed E-state index contributed by atoms with van der Waals surface area (Å²) in [6.45, 7) is 4.95. The molecule has 6 heteroatoms. The van der Waals surface area contributed by atoms with Crippen LogP contribution in [0.5, 0.6) is 0 Å². The first kappa shape index (κ1) is 14.2. The SMILES string of the molecule is C=C1C(OC(C)=O)CCC1(C(=O)OC)C(=O)OC. The molecule has 18 heavy (non-hydrogen) atoms. The topological polar surface area (TPSA) is 78.9 Å². The van der Waals surface area contributed by atoms with E-state index in [0.29, 0.717) is 6.42 Å². The monoisotopic (exact) mass is 256 g/mol. The van der Waals surface area contributed by atoms with Gasteiger partial charge in [-0.15, -0.1) is 0 Å². The van der Waals surface area contributed by atoms with E-state index < -0.39 is 29.4 Å². The van der Waals surface area contributed by atoms with Crippen molar-refractivity contribution in [1.29, 1.82) is 0 Å². The average Bonchev–Trinajstić information content (AvgIpc) is 2.66. The third-order valence-electron chi connectivity index (χ3n) is 3.09. The molecule has 0 radical (unpaired) electrons. The van der Waals surface area contributed by atoms with Crippen molar-refractivity contribution in [2.75, 3.05) is 14.2 Å². The molecule has 0 bridgehead atoms. The van der Waals surface area contributed by atoms with Crippen LogP contribution in [0.15, 0.2) is 12.2 Å². The van der Waals surface area contributed by atoms with Crippen LogP contribution in [0.2, 0.25) is 0 Å². The van der Waals surface area contributed by atoms with Gasteiger partial charge < -0.3 is 14.2 Å². The van der Waals surface area contributed by atoms with Crippen molar-refractivity contribution in [2.24, 2.45) is 5.41 Å². The molecule has 6 nitrogen and oxygen atoms in total. The van der Waals surface area contributed by atoms with Gasteiger partial charge in [-0.1, -0.05) is 6.58 Å². The summed E-state index contributed by atoms with van der Waals surface area (Å²) in [5.74, 6) is -1.98. The minimum Gasteiger partial charge on any atom is -0.468 e. The first-order valence-corrected chi connectivity index (χ1v) is 5.43. The molecule has 1 rings (SSSR count). The number of hydrogen-bond donors (Lipinski definition) is 0. The van der Waals surface area contributed by atoms with Crippen LogP contribution in [-0.2, 0) is 28.6 Å². The van der Waals surface area contributed by atoms with Gasteiger partial charge in [-0.25, -0.2) is 0 Å². The van der Waals surface area contributed by atoms with Gasteiger partial charge in [0.1, 0.15) is 6.10 Å². The quantitative estimate of drug-likeness (QED) is 0.318. The van der Waals surface area contributed by atoms with Crippen molar-refractivity contribution >= 4 is 17.9 Å². The molecule has 100 valence electrons. The van der Waals surface area contributed by atoms with Crippen molar-refractivity contribution < 1.29 is 28.6 Å². The zero-order valence-corrected chi connectivity index (χ0v) is 10.6. The summed E-state index contributed by atoms with van der Waals surface area (Å²) in [7, 11) is 2.36. The molecule has 1 aliphatic rings. The van der Waals surface area contributed by atoms with Gasteiger partial charge in [0.2, 0.25) is 0 Å². The van der Waals surface area contributed by atoms with Gasteiger partial charge in [0, 0.05) is 6.92 Å². The highest BCUT2D eigenvalue weighted by molar-refractivity contribution is 6.04. The molecule has 0 aromatic rings. The van der Waals surface area contributed by atoms with Gasteiger partial charge in [0.15, 0.2) is 5.41 Å². The molecule has 0 aromatic carbocycles. The van der Waals surface area contributed by atoms with Crippen molar-refractivity contribution in [3.05, 3.63) is 12.2 Å². The van der Waals surface area contributed by atoms with Crippen molar-refractivity contribution in [3.8, 4) is 0 Å². The summed E-state index contributed by atoms with van der Waals surface area (Å²) in [5, 5.41) is 0. The fourth-order valence-electron chi connectivity index (χ4n) is 2.19. The first-order valence-electron chi connectivity index (χ1n) is 5.43. The van der Waals surface area contributed by atoms with E-state index in [0.717, 1.165) is 0 Å². The van der Waals surface area contributed by atoms with Crippen LogP contribution in [0.25, 0.3) is 0 Å². The normalized spacial score (nSPS) is 21.3. The van der Waals surface area contributed by atoms with Gasteiger partial charge >= 0.3 is 17.9 Å². The second kappa shape index (κ2) is 5.20. The molecule has 0 aromatic heterocycles. The zero-order valence-electron chi connectivity index (χ0n) is 10.6. The largest absolute Gasteiger partial charge is 0.468 e. The number of carbonyl (C=O) groups excluding carboxylic acids is 3. The van der Waals surface area contributed by atoms with E-state index in [-0.39, 0.29) is 12.0 Å². The lowest BCUT2D eigenvalue weighted by Crippen LogP contribution is -2.41. The molecule has 0 aliphatic heterocycles. The average molecular weight is 256 g/mol. The molecule has 0 N–H and O–H groups in total. The number of ether oxygens (including phenoxy) is 3. The van der Waals surface area contributed by atoms with E-state index in [1.54, 1.807) is 0 Å². The van der Waals surface area contributed by atoms with E-state index >= 15 is 0 Å². The van der Waals surface area contributed by atoms with E-state index in [1.165, 1.54) is 21.1 Å². The smallest absolute Gasteiger partial charge is 0.327 e. The van der Waals surface area contributed by atoms with E-state index in [2.05, 4.69) is 16.1 Å². The molecule has 1 atom stereocenters. The minimum atomic E-state index is -1.57. The molecule has 1 unspecified atom stereocenters. The Morgan fingerprint density at radius 3 is 2.11 bits per heavy atom. The Bertz CT molecular complexity index is 381. The van der Waals surface area contributed by atoms with E-state index in [1.807, 2.05) is 0 Å². The van der Waals surface area contributed by atoms with Crippen molar-refractivity contribution in [3.63, 3.8) is 0 Å². The number of methoxy groups -OCH3 is 2. The van der Waals surface area contributed by atoms with Crippen LogP contribution in [-0.4, -0.2) is 38.2 Å². The van der Waals surface area contributed by atoms with Crippen LogP contribution in [0, 0.1) is 5.41 Å². The van der Waals surface area contributed by atoms with Crippen LogP contribution >= 0.6 is 0 Å². The molecular formula is C12H16O6. The first-order chi connectivity index (χ1) is 8.40. The Labute approximate surface area is 105 Å². The maximum absolute atomic E-state index is 11.9. The Morgan fingerprint density at radius 1 is 1.22 bits per heavy atom. The number of carbonyl (C=O) groups is 3. The summed E-state index contributed by atoms with van der Waals surface area (Å²) in [4.78, 5) is 34.6. The summed E-state index contributed by atoms with van der Waals surface area (Å²) >= 11 is 0. The van der Waals surface area contributed by atoms with Crippen molar-refractivity contribution in [1.82, 2.24) is 0 Å². The second-order valence-electron chi connectivity index (χ2n) is 4.05. The molecular weight excluding hydrogens is 240 g/mol. The summed E-state index contributed by atoms with van der Waals surface area (Å²) in [6.07, 6.45) is -0.174. The van der Waals surface area contributed by atoms with E-state index in [9.17, 15) is 14.4 Å². The lowest BCUT2D eigenvalue weighted by atomic mass is 9.82. The van der Waals surface area contributed by atoms with Gasteiger partial charge in [-0.3, -0.25) is 14.4 Å². The second-order valence-corrected chi connectivity index (χ2v) is 4.05. The lowest BCUT2D eigenvalue weighted by molar-refractivity contribution is -0.166. The summed E-state index contributed by atoms with van der Waals surface area (Å²) in [6, 6.07) is 0. The van der Waals surface area contributed by atoms with Gasteiger partial charge in [-0.05, 0) is 18.4 Å². The highest BCUT2D eigenvalue weighted by Crippen LogP contribution is 2.45. The van der Waals surface area contributed by atoms with Crippen LogP contribution in [0.1, 0.15) is 19.8 Å². The van der Waals surface area contributed by atoms with Gasteiger partial charge in [-0.2, -0.15) is 0 Å². The zero-order chi connectivity index (χ0) is 13.9. The Morgan fingerprint density at radius 2 is 1.72 bits per heavy atom. The number of hydrogen-bond acceptors (Lipinski definition) is 6. The third-order valence-corrected chi connectivity index (χ3v) is 3.09. The molecule has 0 spiro atoms. The molecule has 0 saturated heterocycles. The van der Waals surface area contributed by atoms with Crippen molar-refractivity contribution in [2.45, 2.75) is 25.9 Å². The highest BCUT2D eigenvalue weighted by Gasteiger charge is 2.57. The van der Waals surface area contributed by atoms with Crippen LogP contribution in [0.3, 0.4) is 0 Å². The summed E-state index contributed by atoms with van der Waals surface area (Å²) in [5.41, 5.74) is -1.36. The fourth-order valence-corrected chi connectivity index (χ4v) is 2.19. The van der Waals surface area contributed by atoms with Crippen LogP contribution < -0.4 is 0 Å². The van der Waals surface area contributed by atoms with E-state index in [4.69, 9.17) is 4.74 Å². The lowest BCUT2D eigenvalue weighted by Gasteiger charge is -2.25.